The van der Waals surface area contributed by atoms with E-state index >= 15 is 0 Å². The number of nitro benzene ring substituents is 1. The Kier molecular flexibility index (Phi) is 4.44. The standard InChI is InChI=1S/C17H12ClN5O2S/c18-13-6-4-11(5-7-13)8-16-19-20-17-22(16)21-15(10-26-17)12-2-1-3-14(9-12)23(24)25/h1-7,9H,8,10H2. The summed E-state index contributed by atoms with van der Waals surface area (Å²) in [6.07, 6.45) is 0.566. The fourth-order valence-corrected chi connectivity index (χ4v) is 3.59. The Labute approximate surface area is 157 Å². The SMILES string of the molecule is O=[N+]([O-])c1cccc(C2=Nn3c(Cc4ccc(Cl)cc4)nnc3SC2)c1. The van der Waals surface area contributed by atoms with Gasteiger partial charge in [-0.15, -0.1) is 10.2 Å². The zero-order chi connectivity index (χ0) is 18.1. The summed E-state index contributed by atoms with van der Waals surface area (Å²) in [5.41, 5.74) is 2.57. The molecule has 0 fully saturated rings. The van der Waals surface area contributed by atoms with Gasteiger partial charge in [0.2, 0.25) is 5.16 Å². The van der Waals surface area contributed by atoms with E-state index in [2.05, 4.69) is 15.3 Å². The third-order valence-corrected chi connectivity index (χ3v) is 5.08. The maximum atomic E-state index is 11.0. The molecule has 0 spiro atoms. The van der Waals surface area contributed by atoms with E-state index in [9.17, 15) is 10.1 Å². The Balaban J connectivity index is 1.67. The smallest absolute Gasteiger partial charge is 0.258 e. The van der Waals surface area contributed by atoms with Crippen molar-refractivity contribution >= 4 is 34.8 Å². The molecule has 2 aromatic carbocycles. The monoisotopic (exact) mass is 385 g/mol. The van der Waals surface area contributed by atoms with Crippen molar-refractivity contribution in [3.63, 3.8) is 0 Å². The van der Waals surface area contributed by atoms with Crippen LogP contribution in [0.2, 0.25) is 5.02 Å². The Morgan fingerprint density at radius 3 is 2.77 bits per heavy atom. The molecule has 2 heterocycles. The summed E-state index contributed by atoms with van der Waals surface area (Å²) in [6, 6.07) is 14.0. The average Bonchev–Trinajstić information content (AvgIpc) is 3.06. The Morgan fingerprint density at radius 1 is 1.19 bits per heavy atom. The van der Waals surface area contributed by atoms with E-state index < -0.39 is 4.92 Å². The first-order valence-electron chi connectivity index (χ1n) is 7.74. The fraction of sp³-hybridized carbons (Fsp3) is 0.118. The van der Waals surface area contributed by atoms with Gasteiger partial charge in [-0.3, -0.25) is 10.1 Å². The van der Waals surface area contributed by atoms with Crippen molar-refractivity contribution in [2.75, 3.05) is 5.75 Å². The van der Waals surface area contributed by atoms with Crippen LogP contribution in [0.1, 0.15) is 17.0 Å². The molecule has 0 saturated carbocycles. The number of nitro groups is 1. The largest absolute Gasteiger partial charge is 0.270 e. The van der Waals surface area contributed by atoms with Crippen LogP contribution in [0.4, 0.5) is 5.69 Å². The number of benzene rings is 2. The number of fused-ring (bicyclic) bond motifs is 1. The third kappa shape index (κ3) is 3.33. The van der Waals surface area contributed by atoms with E-state index in [4.69, 9.17) is 11.6 Å². The van der Waals surface area contributed by atoms with E-state index in [-0.39, 0.29) is 5.69 Å². The number of aromatic nitrogens is 3. The number of rotatable bonds is 4. The molecule has 0 radical (unpaired) electrons. The van der Waals surface area contributed by atoms with Crippen LogP contribution >= 0.6 is 23.4 Å². The molecule has 0 bridgehead atoms. The highest BCUT2D eigenvalue weighted by atomic mass is 35.5. The van der Waals surface area contributed by atoms with Crippen molar-refractivity contribution < 1.29 is 4.92 Å². The average molecular weight is 386 g/mol. The molecule has 1 aliphatic rings. The molecule has 0 N–H and O–H groups in total. The Bertz CT molecular complexity index is 1020. The van der Waals surface area contributed by atoms with Crippen molar-refractivity contribution in [3.8, 4) is 0 Å². The zero-order valence-corrected chi connectivity index (χ0v) is 14.9. The van der Waals surface area contributed by atoms with Crippen molar-refractivity contribution in [2.24, 2.45) is 5.10 Å². The van der Waals surface area contributed by atoms with Gasteiger partial charge in [-0.25, -0.2) is 0 Å². The highest BCUT2D eigenvalue weighted by Crippen LogP contribution is 2.26. The molecule has 7 nitrogen and oxygen atoms in total. The van der Waals surface area contributed by atoms with Crippen LogP contribution in [0, 0.1) is 10.1 Å². The first-order chi connectivity index (χ1) is 12.6. The van der Waals surface area contributed by atoms with Gasteiger partial charge in [0, 0.05) is 34.9 Å². The normalized spacial score (nSPS) is 13.2. The fourth-order valence-electron chi connectivity index (χ4n) is 2.60. The molecule has 0 amide bonds. The lowest BCUT2D eigenvalue weighted by Crippen LogP contribution is -2.15. The molecule has 4 rings (SSSR count). The van der Waals surface area contributed by atoms with Gasteiger partial charge in [0.1, 0.15) is 0 Å². The Morgan fingerprint density at radius 2 is 2.00 bits per heavy atom. The van der Waals surface area contributed by atoms with Crippen LogP contribution in [0.3, 0.4) is 0 Å². The number of hydrogen-bond donors (Lipinski definition) is 0. The molecule has 130 valence electrons. The van der Waals surface area contributed by atoms with E-state index in [0.29, 0.717) is 28.2 Å². The minimum Gasteiger partial charge on any atom is -0.258 e. The molecular weight excluding hydrogens is 374 g/mol. The summed E-state index contributed by atoms with van der Waals surface area (Å²) in [6.45, 7) is 0. The molecule has 26 heavy (non-hydrogen) atoms. The summed E-state index contributed by atoms with van der Waals surface area (Å²) in [5, 5.41) is 25.4. The molecule has 0 unspecified atom stereocenters. The van der Waals surface area contributed by atoms with Gasteiger partial charge >= 0.3 is 0 Å². The van der Waals surface area contributed by atoms with E-state index in [0.717, 1.165) is 16.8 Å². The Hall–Kier alpha value is -2.71. The highest BCUT2D eigenvalue weighted by Gasteiger charge is 2.21. The molecule has 1 aliphatic heterocycles. The summed E-state index contributed by atoms with van der Waals surface area (Å²) in [4.78, 5) is 10.6. The number of hydrogen-bond acceptors (Lipinski definition) is 6. The van der Waals surface area contributed by atoms with Crippen molar-refractivity contribution in [1.82, 2.24) is 14.9 Å². The number of halogens is 1. The minimum absolute atomic E-state index is 0.0474. The van der Waals surface area contributed by atoms with Gasteiger partial charge in [-0.2, -0.15) is 9.78 Å². The third-order valence-electron chi connectivity index (χ3n) is 3.90. The van der Waals surface area contributed by atoms with Crippen LogP contribution in [0.5, 0.6) is 0 Å². The second kappa shape index (κ2) is 6.89. The topological polar surface area (TPSA) is 86.2 Å². The van der Waals surface area contributed by atoms with Gasteiger partial charge in [0.25, 0.3) is 5.69 Å². The molecule has 0 atom stereocenters. The van der Waals surface area contributed by atoms with Crippen LogP contribution in [-0.4, -0.2) is 31.3 Å². The molecule has 0 aliphatic carbocycles. The number of non-ortho nitro benzene ring substituents is 1. The van der Waals surface area contributed by atoms with Gasteiger partial charge < -0.3 is 0 Å². The molecule has 1 aromatic heterocycles. The first kappa shape index (κ1) is 16.7. The minimum atomic E-state index is -0.407. The maximum Gasteiger partial charge on any atom is 0.270 e. The predicted octanol–water partition coefficient (Wildman–Crippen LogP) is 3.79. The van der Waals surface area contributed by atoms with Gasteiger partial charge in [0.15, 0.2) is 5.82 Å². The summed E-state index contributed by atoms with van der Waals surface area (Å²) in [5.74, 6) is 1.29. The molecular formula is C17H12ClN5O2S. The van der Waals surface area contributed by atoms with Gasteiger partial charge in [0.05, 0.1) is 10.6 Å². The molecule has 9 heteroatoms. The van der Waals surface area contributed by atoms with Crippen LogP contribution in [-0.2, 0) is 6.42 Å². The van der Waals surface area contributed by atoms with E-state index in [1.54, 1.807) is 10.7 Å². The van der Waals surface area contributed by atoms with Crippen molar-refractivity contribution in [1.29, 1.82) is 0 Å². The number of thioether (sulfide) groups is 1. The van der Waals surface area contributed by atoms with E-state index in [1.807, 2.05) is 30.3 Å². The van der Waals surface area contributed by atoms with E-state index in [1.165, 1.54) is 23.9 Å². The van der Waals surface area contributed by atoms with Crippen molar-refractivity contribution in [2.45, 2.75) is 11.6 Å². The first-order valence-corrected chi connectivity index (χ1v) is 9.11. The van der Waals surface area contributed by atoms with Crippen LogP contribution in [0.25, 0.3) is 0 Å². The second-order valence-electron chi connectivity index (χ2n) is 5.66. The summed E-state index contributed by atoms with van der Waals surface area (Å²) < 4.78 is 1.71. The van der Waals surface area contributed by atoms with Gasteiger partial charge in [-0.05, 0) is 17.7 Å². The van der Waals surface area contributed by atoms with Crippen LogP contribution < -0.4 is 0 Å². The maximum absolute atomic E-state index is 11.0. The zero-order valence-electron chi connectivity index (χ0n) is 13.4. The quantitative estimate of drug-likeness (QED) is 0.503. The lowest BCUT2D eigenvalue weighted by atomic mass is 10.1. The predicted molar refractivity (Wildman–Crippen MR) is 100 cm³/mol. The molecule has 3 aromatic rings. The summed E-state index contributed by atoms with van der Waals surface area (Å²) >= 11 is 7.43. The van der Waals surface area contributed by atoms with Crippen LogP contribution in [0.15, 0.2) is 58.8 Å². The molecule has 0 saturated heterocycles. The number of nitrogens with zero attached hydrogens (tertiary/aromatic N) is 5. The second-order valence-corrected chi connectivity index (χ2v) is 7.04. The van der Waals surface area contributed by atoms with Gasteiger partial charge in [-0.1, -0.05) is 47.6 Å². The lowest BCUT2D eigenvalue weighted by Gasteiger charge is -2.14. The lowest BCUT2D eigenvalue weighted by molar-refractivity contribution is -0.384. The van der Waals surface area contributed by atoms with Crippen molar-refractivity contribution in [3.05, 3.63) is 80.6 Å². The highest BCUT2D eigenvalue weighted by molar-refractivity contribution is 7.99. The summed E-state index contributed by atoms with van der Waals surface area (Å²) in [7, 11) is 0.